The van der Waals surface area contributed by atoms with Crippen molar-refractivity contribution in [3.8, 4) is 6.07 Å². The highest BCUT2D eigenvalue weighted by atomic mass is 16.1. The number of pyridine rings is 1. The van der Waals surface area contributed by atoms with Gasteiger partial charge in [-0.2, -0.15) is 5.26 Å². The molecule has 1 unspecified atom stereocenters. The number of rotatable bonds is 6. The lowest BCUT2D eigenvalue weighted by atomic mass is 9.99. The Morgan fingerprint density at radius 3 is 2.27 bits per heavy atom. The molecule has 4 nitrogen and oxygen atoms in total. The third kappa shape index (κ3) is 4.55. The van der Waals surface area contributed by atoms with Crippen LogP contribution >= 0.6 is 0 Å². The summed E-state index contributed by atoms with van der Waals surface area (Å²) in [6.07, 6.45) is 4.48. The van der Waals surface area contributed by atoms with Crippen molar-refractivity contribution in [3.05, 3.63) is 101 Å². The molecule has 3 aromatic rings. The second-order valence-corrected chi connectivity index (χ2v) is 6.00. The number of hydrogen-bond acceptors (Lipinski definition) is 3. The molecule has 1 atom stereocenters. The molecule has 26 heavy (non-hydrogen) atoms. The minimum Gasteiger partial charge on any atom is -0.345 e. The van der Waals surface area contributed by atoms with E-state index in [0.717, 1.165) is 16.7 Å². The van der Waals surface area contributed by atoms with Crippen LogP contribution in [-0.2, 0) is 11.2 Å². The first-order valence-corrected chi connectivity index (χ1v) is 8.49. The van der Waals surface area contributed by atoms with Gasteiger partial charge >= 0.3 is 0 Å². The van der Waals surface area contributed by atoms with Gasteiger partial charge in [0.2, 0.25) is 5.91 Å². The number of benzene rings is 2. The van der Waals surface area contributed by atoms with Crippen molar-refractivity contribution in [2.75, 3.05) is 0 Å². The molecule has 0 aliphatic rings. The highest BCUT2D eigenvalue weighted by molar-refractivity contribution is 5.77. The molecule has 1 aromatic heterocycles. The molecule has 1 N–H and O–H groups in total. The number of nitriles is 1. The lowest BCUT2D eigenvalue weighted by molar-refractivity contribution is -0.121. The molecule has 1 heterocycles. The highest BCUT2D eigenvalue weighted by Crippen LogP contribution is 2.21. The van der Waals surface area contributed by atoms with Crippen LogP contribution in [0.4, 0.5) is 0 Å². The molecule has 4 heteroatoms. The number of aryl methyl sites for hydroxylation is 1. The average Bonchev–Trinajstić information content (AvgIpc) is 2.72. The van der Waals surface area contributed by atoms with E-state index in [1.54, 1.807) is 24.5 Å². The minimum atomic E-state index is -0.201. The van der Waals surface area contributed by atoms with Crippen molar-refractivity contribution in [2.45, 2.75) is 18.9 Å². The van der Waals surface area contributed by atoms with Gasteiger partial charge < -0.3 is 5.32 Å². The van der Waals surface area contributed by atoms with Crippen molar-refractivity contribution in [1.29, 1.82) is 5.26 Å². The van der Waals surface area contributed by atoms with E-state index < -0.39 is 0 Å². The molecular formula is C22H19N3O. The van der Waals surface area contributed by atoms with Crippen LogP contribution in [0.15, 0.2) is 79.1 Å². The first-order chi connectivity index (χ1) is 12.8. The van der Waals surface area contributed by atoms with Crippen molar-refractivity contribution >= 4 is 5.91 Å². The molecule has 0 bridgehead atoms. The van der Waals surface area contributed by atoms with Gasteiger partial charge in [-0.1, -0.05) is 42.5 Å². The van der Waals surface area contributed by atoms with Crippen LogP contribution in [0.5, 0.6) is 0 Å². The number of amides is 1. The topological polar surface area (TPSA) is 65.8 Å². The van der Waals surface area contributed by atoms with E-state index in [0.29, 0.717) is 18.4 Å². The van der Waals surface area contributed by atoms with Gasteiger partial charge in [0.1, 0.15) is 0 Å². The fourth-order valence-corrected chi connectivity index (χ4v) is 2.80. The van der Waals surface area contributed by atoms with Gasteiger partial charge in [0.25, 0.3) is 0 Å². The molecule has 0 aliphatic heterocycles. The van der Waals surface area contributed by atoms with E-state index >= 15 is 0 Å². The van der Waals surface area contributed by atoms with Crippen molar-refractivity contribution in [2.24, 2.45) is 0 Å². The summed E-state index contributed by atoms with van der Waals surface area (Å²) in [4.78, 5) is 16.6. The van der Waals surface area contributed by atoms with Crippen LogP contribution < -0.4 is 5.32 Å². The zero-order valence-electron chi connectivity index (χ0n) is 14.3. The van der Waals surface area contributed by atoms with Gasteiger partial charge in [-0.25, -0.2) is 0 Å². The van der Waals surface area contributed by atoms with Gasteiger partial charge in [-0.05, 0) is 47.4 Å². The molecule has 0 fully saturated rings. The summed E-state index contributed by atoms with van der Waals surface area (Å²) in [5, 5.41) is 12.0. The lowest BCUT2D eigenvalue weighted by Crippen LogP contribution is -2.29. The Morgan fingerprint density at radius 1 is 0.962 bits per heavy atom. The summed E-state index contributed by atoms with van der Waals surface area (Å²) in [7, 11) is 0. The number of nitrogens with one attached hydrogen (secondary N) is 1. The Bertz CT molecular complexity index is 845. The maximum atomic E-state index is 12.5. The van der Waals surface area contributed by atoms with E-state index in [1.165, 1.54) is 0 Å². The van der Waals surface area contributed by atoms with Gasteiger partial charge in [-0.15, -0.1) is 0 Å². The Morgan fingerprint density at radius 2 is 1.62 bits per heavy atom. The summed E-state index contributed by atoms with van der Waals surface area (Å²) >= 11 is 0. The quantitative estimate of drug-likeness (QED) is 0.742. The van der Waals surface area contributed by atoms with E-state index in [9.17, 15) is 4.79 Å². The molecule has 0 spiro atoms. The smallest absolute Gasteiger partial charge is 0.221 e. The minimum absolute atomic E-state index is 0.0139. The fraction of sp³-hybridized carbons (Fsp3) is 0.136. The number of carbonyl (C=O) groups is 1. The molecule has 1 amide bonds. The Hall–Kier alpha value is -3.45. The second-order valence-electron chi connectivity index (χ2n) is 6.00. The van der Waals surface area contributed by atoms with Crippen LogP contribution in [0.1, 0.15) is 34.7 Å². The molecular weight excluding hydrogens is 322 g/mol. The average molecular weight is 341 g/mol. The normalized spacial score (nSPS) is 11.3. The first-order valence-electron chi connectivity index (χ1n) is 8.49. The zero-order valence-corrected chi connectivity index (χ0v) is 14.3. The summed E-state index contributed by atoms with van der Waals surface area (Å²) in [6, 6.07) is 23.0. The van der Waals surface area contributed by atoms with E-state index in [1.807, 2.05) is 54.6 Å². The SMILES string of the molecule is N#Cc1ccc(CCC(=O)NC(c2ccccc2)c2ccncc2)cc1. The maximum absolute atomic E-state index is 12.5. The number of hydrogen-bond donors (Lipinski definition) is 1. The standard InChI is InChI=1S/C22H19N3O/c23-16-18-8-6-17(7-9-18)10-11-21(26)25-22(19-4-2-1-3-5-19)20-12-14-24-15-13-20/h1-9,12-15,22H,10-11H2,(H,25,26). The van der Waals surface area contributed by atoms with Crippen LogP contribution in [0.25, 0.3) is 0 Å². The van der Waals surface area contributed by atoms with Crippen LogP contribution in [0, 0.1) is 11.3 Å². The third-order valence-corrected chi connectivity index (χ3v) is 4.20. The number of aromatic nitrogens is 1. The monoisotopic (exact) mass is 341 g/mol. The summed E-state index contributed by atoms with van der Waals surface area (Å²) in [6.45, 7) is 0. The molecule has 0 radical (unpaired) electrons. The van der Waals surface area contributed by atoms with Crippen LogP contribution in [0.3, 0.4) is 0 Å². The Balaban J connectivity index is 1.68. The van der Waals surface area contributed by atoms with Gasteiger partial charge in [0.15, 0.2) is 0 Å². The first kappa shape index (κ1) is 17.4. The summed E-state index contributed by atoms with van der Waals surface area (Å²) in [5.41, 5.74) is 3.70. The van der Waals surface area contributed by atoms with Crippen LogP contribution in [-0.4, -0.2) is 10.9 Å². The number of nitrogens with zero attached hydrogens (tertiary/aromatic N) is 2. The summed E-state index contributed by atoms with van der Waals surface area (Å²) in [5.74, 6) is -0.0139. The van der Waals surface area contributed by atoms with Crippen molar-refractivity contribution in [3.63, 3.8) is 0 Å². The largest absolute Gasteiger partial charge is 0.345 e. The van der Waals surface area contributed by atoms with Crippen LogP contribution in [0.2, 0.25) is 0 Å². The molecule has 128 valence electrons. The van der Waals surface area contributed by atoms with Crippen molar-refractivity contribution in [1.82, 2.24) is 10.3 Å². The van der Waals surface area contributed by atoms with E-state index in [2.05, 4.69) is 16.4 Å². The van der Waals surface area contributed by atoms with Gasteiger partial charge in [-0.3, -0.25) is 9.78 Å². The zero-order chi connectivity index (χ0) is 18.2. The fourth-order valence-electron chi connectivity index (χ4n) is 2.80. The van der Waals surface area contributed by atoms with Crippen molar-refractivity contribution < 1.29 is 4.79 Å². The molecule has 2 aromatic carbocycles. The predicted molar refractivity (Wildman–Crippen MR) is 100 cm³/mol. The molecule has 0 aliphatic carbocycles. The van der Waals surface area contributed by atoms with E-state index in [-0.39, 0.29) is 11.9 Å². The van der Waals surface area contributed by atoms with E-state index in [4.69, 9.17) is 5.26 Å². The molecule has 0 saturated carbocycles. The number of carbonyl (C=O) groups excluding carboxylic acids is 1. The molecule has 3 rings (SSSR count). The molecule has 0 saturated heterocycles. The van der Waals surface area contributed by atoms with Gasteiger partial charge in [0, 0.05) is 18.8 Å². The third-order valence-electron chi connectivity index (χ3n) is 4.20. The summed E-state index contributed by atoms with van der Waals surface area (Å²) < 4.78 is 0. The Kier molecular flexibility index (Phi) is 5.74. The predicted octanol–water partition coefficient (Wildman–Crippen LogP) is 3.79. The lowest BCUT2D eigenvalue weighted by Gasteiger charge is -2.19. The highest BCUT2D eigenvalue weighted by Gasteiger charge is 2.16. The Labute approximate surface area is 153 Å². The van der Waals surface area contributed by atoms with Gasteiger partial charge in [0.05, 0.1) is 17.7 Å². The maximum Gasteiger partial charge on any atom is 0.221 e. The second kappa shape index (κ2) is 8.59.